The molecule has 152 valence electrons. The molecule has 1 aromatic heterocycles. The average molecular weight is 438 g/mol. The molecule has 0 N–H and O–H groups in total. The molecule has 0 atom stereocenters. The normalized spacial score (nSPS) is 16.4. The molecule has 2 aromatic rings. The number of aryl methyl sites for hydroxylation is 1. The number of aromatic nitrogens is 1. The van der Waals surface area contributed by atoms with E-state index in [1.165, 1.54) is 16.4 Å². The Bertz CT molecular complexity index is 990. The van der Waals surface area contributed by atoms with Crippen LogP contribution in [0, 0.1) is 12.7 Å². The van der Waals surface area contributed by atoms with Crippen LogP contribution in [0.15, 0.2) is 35.4 Å². The summed E-state index contributed by atoms with van der Waals surface area (Å²) < 4.78 is 78.5. The smallest absolute Gasteiger partial charge is 0.353 e. The molecule has 0 unspecified atom stereocenters. The number of pyridine rings is 1. The van der Waals surface area contributed by atoms with E-state index in [1.807, 2.05) is 0 Å². The lowest BCUT2D eigenvalue weighted by molar-refractivity contribution is -0.137. The molecule has 0 spiro atoms. The zero-order valence-electron chi connectivity index (χ0n) is 14.7. The Kier molecular flexibility index (Phi) is 5.57. The van der Waals surface area contributed by atoms with E-state index in [0.29, 0.717) is 11.8 Å². The number of rotatable bonds is 3. The van der Waals surface area contributed by atoms with Crippen molar-refractivity contribution < 1.29 is 26.0 Å². The largest absolute Gasteiger partial charge is 0.417 e. The molecule has 1 aromatic carbocycles. The number of hydrogen-bond acceptors (Lipinski definition) is 4. The van der Waals surface area contributed by atoms with E-state index >= 15 is 0 Å². The summed E-state index contributed by atoms with van der Waals surface area (Å²) in [4.78, 5) is 5.31. The number of sulfonamides is 1. The minimum Gasteiger partial charge on any atom is -0.353 e. The molecule has 5 nitrogen and oxygen atoms in total. The van der Waals surface area contributed by atoms with E-state index in [1.54, 1.807) is 11.8 Å². The van der Waals surface area contributed by atoms with E-state index in [9.17, 15) is 26.0 Å². The van der Waals surface area contributed by atoms with Crippen LogP contribution in [0.3, 0.4) is 0 Å². The summed E-state index contributed by atoms with van der Waals surface area (Å²) in [7, 11) is -3.89. The molecular formula is C17H16ClF4N3O2S. The van der Waals surface area contributed by atoms with Crippen molar-refractivity contribution in [3.05, 3.63) is 52.4 Å². The van der Waals surface area contributed by atoms with Crippen molar-refractivity contribution in [2.45, 2.75) is 18.0 Å². The molecule has 11 heteroatoms. The number of halogens is 5. The molecular weight excluding hydrogens is 422 g/mol. The molecule has 1 fully saturated rings. The highest BCUT2D eigenvalue weighted by atomic mass is 35.5. The van der Waals surface area contributed by atoms with Gasteiger partial charge in [0.25, 0.3) is 0 Å². The van der Waals surface area contributed by atoms with Crippen LogP contribution in [0.4, 0.5) is 23.4 Å². The molecule has 0 aliphatic carbocycles. The topological polar surface area (TPSA) is 53.5 Å². The summed E-state index contributed by atoms with van der Waals surface area (Å²) >= 11 is 5.95. The van der Waals surface area contributed by atoms with Crippen LogP contribution in [0.1, 0.15) is 11.1 Å². The van der Waals surface area contributed by atoms with Crippen LogP contribution in [0.25, 0.3) is 0 Å². The maximum atomic E-state index is 13.5. The van der Waals surface area contributed by atoms with Gasteiger partial charge in [0.1, 0.15) is 11.6 Å². The summed E-state index contributed by atoms with van der Waals surface area (Å²) in [5.74, 6) is -0.489. The van der Waals surface area contributed by atoms with E-state index < -0.39 is 27.6 Å². The molecule has 1 saturated heterocycles. The number of alkyl halides is 3. The second-order valence-electron chi connectivity index (χ2n) is 6.33. The first-order chi connectivity index (χ1) is 13.0. The van der Waals surface area contributed by atoms with Crippen LogP contribution < -0.4 is 4.90 Å². The third-order valence-electron chi connectivity index (χ3n) is 4.46. The first-order valence-electron chi connectivity index (χ1n) is 8.24. The Labute approximate surface area is 164 Å². The molecule has 28 heavy (non-hydrogen) atoms. The van der Waals surface area contributed by atoms with Crippen molar-refractivity contribution in [2.75, 3.05) is 31.1 Å². The summed E-state index contributed by atoms with van der Waals surface area (Å²) in [6.45, 7) is 2.08. The van der Waals surface area contributed by atoms with Gasteiger partial charge in [-0.05, 0) is 30.7 Å². The van der Waals surface area contributed by atoms with Crippen molar-refractivity contribution in [1.82, 2.24) is 9.29 Å². The predicted molar refractivity (Wildman–Crippen MR) is 96.4 cm³/mol. The number of piperazine rings is 1. The van der Waals surface area contributed by atoms with Gasteiger partial charge in [0.2, 0.25) is 10.0 Å². The van der Waals surface area contributed by atoms with Gasteiger partial charge < -0.3 is 4.90 Å². The molecule has 3 rings (SSSR count). The molecule has 0 bridgehead atoms. The maximum Gasteiger partial charge on any atom is 0.417 e. The lowest BCUT2D eigenvalue weighted by Crippen LogP contribution is -2.49. The fourth-order valence-corrected chi connectivity index (χ4v) is 4.89. The van der Waals surface area contributed by atoms with Crippen LogP contribution in [0.5, 0.6) is 0 Å². The monoisotopic (exact) mass is 437 g/mol. The van der Waals surface area contributed by atoms with Crippen LogP contribution in [-0.4, -0.2) is 43.9 Å². The number of nitrogens with zero attached hydrogens (tertiary/aromatic N) is 3. The molecule has 1 aliphatic rings. The Morgan fingerprint density at radius 2 is 1.75 bits per heavy atom. The summed E-state index contributed by atoms with van der Waals surface area (Å²) in [6, 6.07) is 4.35. The van der Waals surface area contributed by atoms with Crippen molar-refractivity contribution in [2.24, 2.45) is 0 Å². The molecule has 0 radical (unpaired) electrons. The first-order valence-corrected chi connectivity index (χ1v) is 10.1. The number of anilines is 1. The molecule has 2 heterocycles. The lowest BCUT2D eigenvalue weighted by Gasteiger charge is -2.35. The second-order valence-corrected chi connectivity index (χ2v) is 8.64. The zero-order chi connectivity index (χ0) is 20.7. The van der Waals surface area contributed by atoms with Gasteiger partial charge in [0, 0.05) is 32.4 Å². The molecule has 0 amide bonds. The highest BCUT2D eigenvalue weighted by Gasteiger charge is 2.34. The van der Waals surface area contributed by atoms with Gasteiger partial charge >= 0.3 is 6.18 Å². The SMILES string of the molecule is Cc1ccc(F)cc1S(=O)(=O)N1CCN(c2ncc(C(F)(F)F)cc2Cl)CC1. The minimum absolute atomic E-state index is 0.0668. The fraction of sp³-hybridized carbons (Fsp3) is 0.353. The first kappa shape index (κ1) is 20.8. The second kappa shape index (κ2) is 7.49. The van der Waals surface area contributed by atoms with Crippen LogP contribution in [-0.2, 0) is 16.2 Å². The van der Waals surface area contributed by atoms with Gasteiger partial charge in [0.05, 0.1) is 15.5 Å². The third-order valence-corrected chi connectivity index (χ3v) is 6.77. The Hall–Kier alpha value is -1.91. The van der Waals surface area contributed by atoms with Crippen molar-refractivity contribution in [3.63, 3.8) is 0 Å². The van der Waals surface area contributed by atoms with Gasteiger partial charge in [-0.25, -0.2) is 17.8 Å². The van der Waals surface area contributed by atoms with Gasteiger partial charge in [-0.15, -0.1) is 0 Å². The predicted octanol–water partition coefficient (Wildman–Crippen LogP) is 3.71. The van der Waals surface area contributed by atoms with Gasteiger partial charge in [0.15, 0.2) is 0 Å². The van der Waals surface area contributed by atoms with Crippen LogP contribution in [0.2, 0.25) is 5.02 Å². The third kappa shape index (κ3) is 4.08. The Morgan fingerprint density at radius 1 is 1.11 bits per heavy atom. The van der Waals surface area contributed by atoms with E-state index in [0.717, 1.165) is 12.1 Å². The van der Waals surface area contributed by atoms with Crippen molar-refractivity contribution in [3.8, 4) is 0 Å². The Balaban J connectivity index is 1.77. The summed E-state index contributed by atoms with van der Waals surface area (Å²) in [6.07, 6.45) is -3.86. The van der Waals surface area contributed by atoms with Gasteiger partial charge in [-0.2, -0.15) is 17.5 Å². The van der Waals surface area contributed by atoms with Crippen molar-refractivity contribution >= 4 is 27.4 Å². The zero-order valence-corrected chi connectivity index (χ0v) is 16.2. The maximum absolute atomic E-state index is 13.5. The van der Waals surface area contributed by atoms with Crippen molar-refractivity contribution in [1.29, 1.82) is 0 Å². The van der Waals surface area contributed by atoms with E-state index in [2.05, 4.69) is 4.98 Å². The highest BCUT2D eigenvalue weighted by Crippen LogP contribution is 2.34. The van der Waals surface area contributed by atoms with E-state index in [4.69, 9.17) is 11.6 Å². The molecule has 0 saturated carbocycles. The summed E-state index contributed by atoms with van der Waals surface area (Å²) in [5, 5.41) is -0.160. The highest BCUT2D eigenvalue weighted by molar-refractivity contribution is 7.89. The average Bonchev–Trinajstić information content (AvgIpc) is 2.63. The number of hydrogen-bond donors (Lipinski definition) is 0. The number of benzene rings is 1. The molecule has 1 aliphatic heterocycles. The van der Waals surface area contributed by atoms with Gasteiger partial charge in [-0.3, -0.25) is 0 Å². The Morgan fingerprint density at radius 3 is 2.32 bits per heavy atom. The van der Waals surface area contributed by atoms with E-state index in [-0.39, 0.29) is 41.9 Å². The standard InChI is InChI=1S/C17H16ClF4N3O2S/c1-11-2-3-13(19)9-15(11)28(26,27)25-6-4-24(5-7-25)16-14(18)8-12(10-23-16)17(20,21)22/h2-3,8-10H,4-7H2,1H3. The quantitative estimate of drug-likeness (QED) is 0.687. The fourth-order valence-electron chi connectivity index (χ4n) is 2.95. The minimum atomic E-state index is -4.55. The van der Waals surface area contributed by atoms with Crippen LogP contribution >= 0.6 is 11.6 Å². The lowest BCUT2D eigenvalue weighted by atomic mass is 10.2. The summed E-state index contributed by atoms with van der Waals surface area (Å²) in [5.41, 5.74) is -0.527. The van der Waals surface area contributed by atoms with Gasteiger partial charge in [-0.1, -0.05) is 17.7 Å².